The lowest BCUT2D eigenvalue weighted by Crippen LogP contribution is -2.37. The fourth-order valence-corrected chi connectivity index (χ4v) is 2.78. The maximum Gasteiger partial charge on any atom is 0.253 e. The summed E-state index contributed by atoms with van der Waals surface area (Å²) in [6.07, 6.45) is 0. The van der Waals surface area contributed by atoms with Crippen molar-refractivity contribution in [3.63, 3.8) is 0 Å². The Morgan fingerprint density at radius 3 is 2.29 bits per heavy atom. The van der Waals surface area contributed by atoms with E-state index in [1.165, 1.54) is 6.07 Å². The number of nitrogens with zero attached hydrogens (tertiary/aromatic N) is 2. The van der Waals surface area contributed by atoms with Gasteiger partial charge >= 0.3 is 0 Å². The summed E-state index contributed by atoms with van der Waals surface area (Å²) in [7, 11) is 0. The summed E-state index contributed by atoms with van der Waals surface area (Å²) >= 11 is 0. The predicted octanol–water partition coefficient (Wildman–Crippen LogP) is 3.56. The molecule has 5 nitrogen and oxygen atoms in total. The van der Waals surface area contributed by atoms with Crippen LogP contribution in [0.4, 0.5) is 4.39 Å². The molecule has 0 aliphatic carbocycles. The van der Waals surface area contributed by atoms with Crippen LogP contribution < -0.4 is 10.6 Å². The molecule has 150 valence electrons. The molecule has 2 aromatic carbocycles. The summed E-state index contributed by atoms with van der Waals surface area (Å²) in [5.74, 6) is 0.424. The molecule has 0 aliphatic heterocycles. The fourth-order valence-electron chi connectivity index (χ4n) is 2.78. The molecule has 6 heteroatoms. The lowest BCUT2D eigenvalue weighted by atomic mass is 10.1. The van der Waals surface area contributed by atoms with Crippen LogP contribution in [-0.2, 0) is 13.1 Å². The first-order valence-corrected chi connectivity index (χ1v) is 9.72. The number of nitrogens with one attached hydrogen (secondary N) is 2. The summed E-state index contributed by atoms with van der Waals surface area (Å²) in [5, 5.41) is 6.30. The van der Waals surface area contributed by atoms with E-state index < -0.39 is 0 Å². The third-order valence-electron chi connectivity index (χ3n) is 4.42. The van der Waals surface area contributed by atoms with Gasteiger partial charge in [-0.05, 0) is 44.5 Å². The molecule has 1 amide bonds. The summed E-state index contributed by atoms with van der Waals surface area (Å²) < 4.78 is 13.8. The minimum atomic E-state index is -0.237. The number of carbonyl (C=O) groups is 1. The van der Waals surface area contributed by atoms with Crippen LogP contribution >= 0.6 is 0 Å². The molecule has 0 aliphatic rings. The molecule has 0 atom stereocenters. The minimum Gasteiger partial charge on any atom is -0.357 e. The van der Waals surface area contributed by atoms with Gasteiger partial charge in [0.1, 0.15) is 5.82 Å². The topological polar surface area (TPSA) is 56.7 Å². The van der Waals surface area contributed by atoms with Crippen LogP contribution in [0.3, 0.4) is 0 Å². The van der Waals surface area contributed by atoms with E-state index in [-0.39, 0.29) is 11.7 Å². The highest BCUT2D eigenvalue weighted by atomic mass is 19.1. The standard InChI is InChI=1S/C22H29FN4O/c1-4-24-22(26-16-19-9-7-8-10-20(19)23)25-15-17-11-13-18(14-12-17)21(28)27(5-2)6-3/h7-14H,4-6,15-16H2,1-3H3,(H2,24,25,26). The van der Waals surface area contributed by atoms with E-state index >= 15 is 0 Å². The molecule has 0 spiro atoms. The van der Waals surface area contributed by atoms with E-state index in [2.05, 4.69) is 15.6 Å². The van der Waals surface area contributed by atoms with Gasteiger partial charge in [0, 0.05) is 37.3 Å². The molecular formula is C22H29FN4O. The van der Waals surface area contributed by atoms with E-state index in [9.17, 15) is 9.18 Å². The molecular weight excluding hydrogens is 355 g/mol. The average Bonchev–Trinajstić information content (AvgIpc) is 2.72. The molecule has 2 N–H and O–H groups in total. The van der Waals surface area contributed by atoms with Gasteiger partial charge in [-0.3, -0.25) is 4.79 Å². The molecule has 0 fully saturated rings. The van der Waals surface area contributed by atoms with Crippen molar-refractivity contribution in [3.8, 4) is 0 Å². The van der Waals surface area contributed by atoms with Crippen molar-refractivity contribution in [2.45, 2.75) is 33.9 Å². The van der Waals surface area contributed by atoms with Gasteiger partial charge < -0.3 is 15.5 Å². The zero-order chi connectivity index (χ0) is 20.4. The Hall–Kier alpha value is -2.89. The molecule has 0 bridgehead atoms. The van der Waals surface area contributed by atoms with Crippen LogP contribution in [0.5, 0.6) is 0 Å². The van der Waals surface area contributed by atoms with E-state index in [1.807, 2.05) is 51.1 Å². The first-order chi connectivity index (χ1) is 13.6. The zero-order valence-corrected chi connectivity index (χ0v) is 16.8. The minimum absolute atomic E-state index is 0.0416. The number of benzene rings is 2. The predicted molar refractivity (Wildman–Crippen MR) is 112 cm³/mol. The molecule has 0 saturated heterocycles. The van der Waals surface area contributed by atoms with Crippen molar-refractivity contribution in [1.82, 2.24) is 15.5 Å². The first-order valence-electron chi connectivity index (χ1n) is 9.72. The second kappa shape index (κ2) is 11.1. The second-order valence-electron chi connectivity index (χ2n) is 6.31. The molecule has 0 radical (unpaired) electrons. The number of amides is 1. The van der Waals surface area contributed by atoms with E-state index in [0.717, 1.165) is 5.56 Å². The number of hydrogen-bond acceptors (Lipinski definition) is 2. The fraction of sp³-hybridized carbons (Fsp3) is 0.364. The van der Waals surface area contributed by atoms with Crippen molar-refractivity contribution < 1.29 is 9.18 Å². The third kappa shape index (κ3) is 6.08. The smallest absolute Gasteiger partial charge is 0.253 e. The van der Waals surface area contributed by atoms with Gasteiger partial charge in [0.15, 0.2) is 5.96 Å². The van der Waals surface area contributed by atoms with Gasteiger partial charge in [0.05, 0.1) is 6.54 Å². The number of halogens is 1. The Labute approximate surface area is 166 Å². The monoisotopic (exact) mass is 384 g/mol. The maximum atomic E-state index is 13.8. The average molecular weight is 384 g/mol. The number of hydrogen-bond donors (Lipinski definition) is 2. The van der Waals surface area contributed by atoms with E-state index in [0.29, 0.717) is 49.8 Å². The highest BCUT2D eigenvalue weighted by Crippen LogP contribution is 2.09. The lowest BCUT2D eigenvalue weighted by Gasteiger charge is -2.18. The summed E-state index contributed by atoms with van der Waals surface area (Å²) in [5.41, 5.74) is 2.27. The number of rotatable bonds is 8. The van der Waals surface area contributed by atoms with Crippen molar-refractivity contribution in [1.29, 1.82) is 0 Å². The molecule has 2 aromatic rings. The van der Waals surface area contributed by atoms with Gasteiger partial charge in [0.2, 0.25) is 0 Å². The van der Waals surface area contributed by atoms with Crippen LogP contribution in [0.1, 0.15) is 42.3 Å². The van der Waals surface area contributed by atoms with Crippen LogP contribution in [-0.4, -0.2) is 36.4 Å². The molecule has 0 heterocycles. The van der Waals surface area contributed by atoms with Crippen LogP contribution in [0.25, 0.3) is 0 Å². The summed E-state index contributed by atoms with van der Waals surface area (Å²) in [6.45, 7) is 8.85. The lowest BCUT2D eigenvalue weighted by molar-refractivity contribution is 0.0773. The summed E-state index contributed by atoms with van der Waals surface area (Å²) in [6, 6.07) is 14.2. The van der Waals surface area contributed by atoms with E-state index in [1.54, 1.807) is 17.0 Å². The SMILES string of the molecule is CCNC(=NCc1ccc(C(=O)N(CC)CC)cc1)NCc1ccccc1F. The molecule has 0 saturated carbocycles. The quantitative estimate of drug-likeness (QED) is 0.540. The second-order valence-corrected chi connectivity index (χ2v) is 6.31. The number of carbonyl (C=O) groups excluding carboxylic acids is 1. The van der Waals surface area contributed by atoms with Crippen molar-refractivity contribution in [3.05, 3.63) is 71.0 Å². The van der Waals surface area contributed by atoms with Crippen LogP contribution in [0.2, 0.25) is 0 Å². The van der Waals surface area contributed by atoms with Crippen molar-refractivity contribution in [2.24, 2.45) is 4.99 Å². The Kier molecular flexibility index (Phi) is 8.46. The summed E-state index contributed by atoms with van der Waals surface area (Å²) in [4.78, 5) is 18.7. The van der Waals surface area contributed by atoms with Gasteiger partial charge in [0.25, 0.3) is 5.91 Å². The Balaban J connectivity index is 2.00. The van der Waals surface area contributed by atoms with Gasteiger partial charge in [-0.2, -0.15) is 0 Å². The van der Waals surface area contributed by atoms with Crippen LogP contribution in [0, 0.1) is 5.82 Å². The van der Waals surface area contributed by atoms with Crippen molar-refractivity contribution >= 4 is 11.9 Å². The third-order valence-corrected chi connectivity index (χ3v) is 4.42. The van der Waals surface area contributed by atoms with Gasteiger partial charge in [-0.25, -0.2) is 9.38 Å². The van der Waals surface area contributed by atoms with Crippen LogP contribution in [0.15, 0.2) is 53.5 Å². The highest BCUT2D eigenvalue weighted by Gasteiger charge is 2.11. The molecule has 0 unspecified atom stereocenters. The first kappa shape index (κ1) is 21.4. The van der Waals surface area contributed by atoms with Gasteiger partial charge in [-0.1, -0.05) is 30.3 Å². The Morgan fingerprint density at radius 1 is 1.00 bits per heavy atom. The molecule has 28 heavy (non-hydrogen) atoms. The molecule has 0 aromatic heterocycles. The number of guanidine groups is 1. The Bertz CT molecular complexity index is 785. The highest BCUT2D eigenvalue weighted by molar-refractivity contribution is 5.94. The number of aliphatic imine (C=N–C) groups is 1. The normalized spacial score (nSPS) is 11.2. The van der Waals surface area contributed by atoms with E-state index in [4.69, 9.17) is 0 Å². The van der Waals surface area contributed by atoms with Gasteiger partial charge in [-0.15, -0.1) is 0 Å². The zero-order valence-electron chi connectivity index (χ0n) is 16.8. The molecule has 2 rings (SSSR count). The Morgan fingerprint density at radius 2 is 1.68 bits per heavy atom. The maximum absolute atomic E-state index is 13.8. The largest absolute Gasteiger partial charge is 0.357 e. The van der Waals surface area contributed by atoms with Crippen molar-refractivity contribution in [2.75, 3.05) is 19.6 Å².